The Balaban J connectivity index is 1.91. The van der Waals surface area contributed by atoms with Gasteiger partial charge >= 0.3 is 0 Å². The summed E-state index contributed by atoms with van der Waals surface area (Å²) in [6, 6.07) is 17.6. The van der Waals surface area contributed by atoms with Crippen molar-refractivity contribution in [1.82, 2.24) is 4.98 Å². The van der Waals surface area contributed by atoms with Crippen molar-refractivity contribution in [3.8, 4) is 5.75 Å². The van der Waals surface area contributed by atoms with Gasteiger partial charge in [0.25, 0.3) is 0 Å². The van der Waals surface area contributed by atoms with Crippen molar-refractivity contribution in [3.05, 3.63) is 65.9 Å². The molecule has 0 aliphatic rings. The molecule has 104 valence electrons. The van der Waals surface area contributed by atoms with Gasteiger partial charge in [-0.15, -0.1) is 0 Å². The smallest absolute Gasteiger partial charge is 0.118 e. The molecular formula is C18H16N2O. The normalized spacial score (nSPS) is 11.1. The Kier molecular flexibility index (Phi) is 3.56. The zero-order valence-corrected chi connectivity index (χ0v) is 11.8. The highest BCUT2D eigenvalue weighted by Gasteiger charge is 2.00. The Bertz CT molecular complexity index is 792. The number of ether oxygens (including phenoxy) is 1. The number of para-hydroxylation sites is 1. The summed E-state index contributed by atoms with van der Waals surface area (Å²) in [5.74, 6) is 0.847. The van der Waals surface area contributed by atoms with E-state index in [0.29, 0.717) is 0 Å². The predicted molar refractivity (Wildman–Crippen MR) is 88.1 cm³/mol. The first kappa shape index (κ1) is 13.2. The molecule has 3 heteroatoms. The molecular weight excluding hydrogens is 260 g/mol. The van der Waals surface area contributed by atoms with Crippen molar-refractivity contribution in [1.29, 1.82) is 0 Å². The maximum Gasteiger partial charge on any atom is 0.118 e. The Hall–Kier alpha value is -2.81. The lowest BCUT2D eigenvalue weighted by molar-refractivity contribution is 0.415. The second-order valence-corrected chi connectivity index (χ2v) is 4.76. The van der Waals surface area contributed by atoms with Gasteiger partial charge in [-0.3, -0.25) is 0 Å². The van der Waals surface area contributed by atoms with Gasteiger partial charge in [0.05, 0.1) is 18.3 Å². The van der Waals surface area contributed by atoms with Crippen LogP contribution in [0, 0.1) is 0 Å². The summed E-state index contributed by atoms with van der Waals surface area (Å²) in [7, 11) is 1.66. The van der Waals surface area contributed by atoms with E-state index in [9.17, 15) is 0 Å². The van der Waals surface area contributed by atoms with Crippen molar-refractivity contribution in [2.75, 3.05) is 12.8 Å². The monoisotopic (exact) mass is 276 g/mol. The molecule has 2 aromatic carbocycles. The molecule has 0 aliphatic carbocycles. The van der Waals surface area contributed by atoms with Gasteiger partial charge in [-0.1, -0.05) is 36.4 Å². The topological polar surface area (TPSA) is 48.1 Å². The highest BCUT2D eigenvalue weighted by Crippen LogP contribution is 2.21. The van der Waals surface area contributed by atoms with Crippen molar-refractivity contribution < 1.29 is 4.74 Å². The van der Waals surface area contributed by atoms with E-state index in [-0.39, 0.29) is 0 Å². The molecule has 0 spiro atoms. The van der Waals surface area contributed by atoms with Crippen LogP contribution in [-0.2, 0) is 0 Å². The van der Waals surface area contributed by atoms with Crippen LogP contribution in [0.4, 0.5) is 5.69 Å². The lowest BCUT2D eigenvalue weighted by atomic mass is 10.1. The van der Waals surface area contributed by atoms with Gasteiger partial charge in [-0.2, -0.15) is 0 Å². The van der Waals surface area contributed by atoms with Gasteiger partial charge in [0.1, 0.15) is 5.75 Å². The molecule has 3 nitrogen and oxygen atoms in total. The summed E-state index contributed by atoms with van der Waals surface area (Å²) >= 11 is 0. The Morgan fingerprint density at radius 3 is 2.52 bits per heavy atom. The number of pyridine rings is 1. The number of hydrogen-bond acceptors (Lipinski definition) is 3. The minimum atomic E-state index is 0.745. The first-order valence-electron chi connectivity index (χ1n) is 6.74. The number of hydrogen-bond donors (Lipinski definition) is 1. The molecule has 0 radical (unpaired) electrons. The zero-order valence-electron chi connectivity index (χ0n) is 11.8. The van der Waals surface area contributed by atoms with Gasteiger partial charge in [0, 0.05) is 11.1 Å². The van der Waals surface area contributed by atoms with E-state index in [4.69, 9.17) is 10.5 Å². The largest absolute Gasteiger partial charge is 0.497 e. The van der Waals surface area contributed by atoms with E-state index in [0.717, 1.165) is 33.6 Å². The van der Waals surface area contributed by atoms with E-state index in [2.05, 4.69) is 4.98 Å². The van der Waals surface area contributed by atoms with Crippen LogP contribution in [0.15, 0.2) is 54.6 Å². The maximum atomic E-state index is 6.07. The number of nitrogens with two attached hydrogens (primary N) is 1. The minimum Gasteiger partial charge on any atom is -0.497 e. The molecule has 0 aliphatic heterocycles. The van der Waals surface area contributed by atoms with Crippen LogP contribution in [0.1, 0.15) is 11.3 Å². The van der Waals surface area contributed by atoms with Crippen LogP contribution in [0.2, 0.25) is 0 Å². The summed E-state index contributed by atoms with van der Waals surface area (Å²) < 4.78 is 5.14. The van der Waals surface area contributed by atoms with Crippen LogP contribution in [0.3, 0.4) is 0 Å². The van der Waals surface area contributed by atoms with E-state index < -0.39 is 0 Å². The molecule has 0 amide bonds. The number of rotatable bonds is 3. The fraction of sp³-hybridized carbons (Fsp3) is 0.0556. The standard InChI is InChI=1S/C18H16N2O/c1-21-15-10-7-13(8-11-15)6-9-14-12-17(19)16-4-2-3-5-18(16)20-14/h2-12H,1H3,(H2,19,20). The molecule has 0 saturated carbocycles. The van der Waals surface area contributed by atoms with Crippen LogP contribution in [0.5, 0.6) is 5.75 Å². The first-order valence-corrected chi connectivity index (χ1v) is 6.74. The lowest BCUT2D eigenvalue weighted by Crippen LogP contribution is -1.91. The zero-order chi connectivity index (χ0) is 14.7. The first-order chi connectivity index (χ1) is 10.3. The van der Waals surface area contributed by atoms with Gasteiger partial charge < -0.3 is 10.5 Å². The van der Waals surface area contributed by atoms with Crippen molar-refractivity contribution in [2.45, 2.75) is 0 Å². The molecule has 0 bridgehead atoms. The third-order valence-corrected chi connectivity index (χ3v) is 3.33. The minimum absolute atomic E-state index is 0.745. The second kappa shape index (κ2) is 5.67. The summed E-state index contributed by atoms with van der Waals surface area (Å²) in [6.45, 7) is 0. The SMILES string of the molecule is COc1ccc(C=Cc2cc(N)c3ccccc3n2)cc1. The maximum absolute atomic E-state index is 6.07. The quantitative estimate of drug-likeness (QED) is 0.786. The Morgan fingerprint density at radius 2 is 1.76 bits per heavy atom. The second-order valence-electron chi connectivity index (χ2n) is 4.76. The fourth-order valence-corrected chi connectivity index (χ4v) is 2.21. The number of methoxy groups -OCH3 is 1. The van der Waals surface area contributed by atoms with Gasteiger partial charge in [-0.05, 0) is 35.9 Å². The summed E-state index contributed by atoms with van der Waals surface area (Å²) in [4.78, 5) is 4.59. The highest BCUT2D eigenvalue weighted by atomic mass is 16.5. The highest BCUT2D eigenvalue weighted by molar-refractivity contribution is 5.91. The number of nitrogen functional groups attached to an aromatic ring is 1. The van der Waals surface area contributed by atoms with E-state index >= 15 is 0 Å². The number of anilines is 1. The molecule has 21 heavy (non-hydrogen) atoms. The van der Waals surface area contributed by atoms with E-state index in [1.165, 1.54) is 0 Å². The van der Waals surface area contributed by atoms with Crippen LogP contribution < -0.4 is 10.5 Å². The average molecular weight is 276 g/mol. The van der Waals surface area contributed by atoms with Gasteiger partial charge in [0.2, 0.25) is 0 Å². The third-order valence-electron chi connectivity index (χ3n) is 3.33. The predicted octanol–water partition coefficient (Wildman–Crippen LogP) is 4.00. The number of nitrogens with zero attached hydrogens (tertiary/aromatic N) is 1. The van der Waals surface area contributed by atoms with Gasteiger partial charge in [-0.25, -0.2) is 4.98 Å². The van der Waals surface area contributed by atoms with Crippen LogP contribution >= 0.6 is 0 Å². The van der Waals surface area contributed by atoms with Crippen molar-refractivity contribution in [2.24, 2.45) is 0 Å². The Labute approximate surface area is 123 Å². The third kappa shape index (κ3) is 2.87. The lowest BCUT2D eigenvalue weighted by Gasteiger charge is -2.03. The van der Waals surface area contributed by atoms with Gasteiger partial charge in [0.15, 0.2) is 0 Å². The molecule has 3 aromatic rings. The fourth-order valence-electron chi connectivity index (χ4n) is 2.21. The summed E-state index contributed by atoms with van der Waals surface area (Å²) in [5, 5.41) is 0.985. The van der Waals surface area contributed by atoms with Crippen molar-refractivity contribution in [3.63, 3.8) is 0 Å². The average Bonchev–Trinajstić information content (AvgIpc) is 2.53. The molecule has 0 fully saturated rings. The number of fused-ring (bicyclic) bond motifs is 1. The number of benzene rings is 2. The van der Waals surface area contributed by atoms with Crippen molar-refractivity contribution >= 4 is 28.7 Å². The van der Waals surface area contributed by atoms with E-state index in [1.807, 2.05) is 66.7 Å². The number of aromatic nitrogens is 1. The molecule has 0 saturated heterocycles. The van der Waals surface area contributed by atoms with E-state index in [1.54, 1.807) is 7.11 Å². The molecule has 0 atom stereocenters. The molecule has 2 N–H and O–H groups in total. The summed E-state index contributed by atoms with van der Waals surface area (Å²) in [5.41, 5.74) is 9.66. The molecule has 0 unspecified atom stereocenters. The molecule has 1 aromatic heterocycles. The Morgan fingerprint density at radius 1 is 1.00 bits per heavy atom. The molecule has 1 heterocycles. The van der Waals surface area contributed by atoms with Crippen LogP contribution in [-0.4, -0.2) is 12.1 Å². The molecule has 3 rings (SSSR count). The summed E-state index contributed by atoms with van der Waals surface area (Å²) in [6.07, 6.45) is 3.97. The van der Waals surface area contributed by atoms with Crippen LogP contribution in [0.25, 0.3) is 23.1 Å².